The van der Waals surface area contributed by atoms with E-state index in [1.165, 1.54) is 6.07 Å². The minimum atomic E-state index is -0.884. The van der Waals surface area contributed by atoms with Gasteiger partial charge in [0, 0.05) is 12.6 Å². The fourth-order valence-electron chi connectivity index (χ4n) is 2.15. The lowest BCUT2D eigenvalue weighted by Gasteiger charge is -2.24. The van der Waals surface area contributed by atoms with E-state index in [0.717, 1.165) is 38.1 Å². The molecule has 0 bridgehead atoms. The van der Waals surface area contributed by atoms with Crippen molar-refractivity contribution < 1.29 is 14.4 Å². The highest BCUT2D eigenvalue weighted by Crippen LogP contribution is 2.23. The average Bonchev–Trinajstić information content (AvgIpc) is 2.39. The van der Waals surface area contributed by atoms with Crippen LogP contribution in [0.1, 0.15) is 38.4 Å². The van der Waals surface area contributed by atoms with Crippen molar-refractivity contribution in [3.8, 4) is 0 Å². The molecule has 1 rings (SSSR count). The van der Waals surface area contributed by atoms with Crippen LogP contribution in [-0.4, -0.2) is 34.6 Å². The van der Waals surface area contributed by atoms with E-state index in [1.807, 2.05) is 0 Å². The summed E-state index contributed by atoms with van der Waals surface area (Å²) in [6.45, 7) is 6.21. The molecule has 1 atom stereocenters. The van der Waals surface area contributed by atoms with Crippen LogP contribution in [0.5, 0.6) is 0 Å². The molecule has 112 valence electrons. The van der Waals surface area contributed by atoms with E-state index < -0.39 is 22.5 Å². The van der Waals surface area contributed by atoms with Crippen molar-refractivity contribution in [3.05, 3.63) is 39.7 Å². The van der Waals surface area contributed by atoms with Crippen LogP contribution in [0.2, 0.25) is 0 Å². The minimum Gasteiger partial charge on any atom is -0.387 e. The summed E-state index contributed by atoms with van der Waals surface area (Å²) in [5.41, 5.74) is -0.227. The molecule has 0 aliphatic heterocycles. The largest absolute Gasteiger partial charge is 0.387 e. The van der Waals surface area contributed by atoms with E-state index in [1.54, 1.807) is 0 Å². The summed E-state index contributed by atoms with van der Waals surface area (Å²) in [6.07, 6.45) is 1.08. The van der Waals surface area contributed by atoms with Crippen LogP contribution in [0.25, 0.3) is 0 Å². The fourth-order valence-corrected chi connectivity index (χ4v) is 2.15. The third-order valence-corrected chi connectivity index (χ3v) is 3.06. The van der Waals surface area contributed by atoms with Crippen LogP contribution >= 0.6 is 0 Å². The number of nitro groups is 1. The second-order valence-electron chi connectivity index (χ2n) is 4.78. The van der Waals surface area contributed by atoms with Gasteiger partial charge in [-0.2, -0.15) is 4.39 Å². The van der Waals surface area contributed by atoms with Crippen molar-refractivity contribution >= 4 is 5.69 Å². The molecule has 0 heterocycles. The number of halogens is 1. The molecule has 0 aromatic heterocycles. The molecule has 1 aromatic carbocycles. The van der Waals surface area contributed by atoms with Crippen LogP contribution < -0.4 is 0 Å². The zero-order chi connectivity index (χ0) is 15.1. The Morgan fingerprint density at radius 1 is 1.35 bits per heavy atom. The maximum Gasteiger partial charge on any atom is 0.305 e. The van der Waals surface area contributed by atoms with Gasteiger partial charge in [-0.15, -0.1) is 0 Å². The van der Waals surface area contributed by atoms with Gasteiger partial charge in [0.15, 0.2) is 0 Å². The molecule has 0 radical (unpaired) electrons. The lowest BCUT2D eigenvalue weighted by Crippen LogP contribution is -2.30. The first-order chi connectivity index (χ1) is 9.49. The van der Waals surface area contributed by atoms with Crippen LogP contribution in [0.3, 0.4) is 0 Å². The number of rotatable bonds is 8. The second kappa shape index (κ2) is 7.91. The van der Waals surface area contributed by atoms with Gasteiger partial charge < -0.3 is 10.0 Å². The smallest absolute Gasteiger partial charge is 0.305 e. The molecule has 1 N–H and O–H groups in total. The number of hydrogen-bond donors (Lipinski definition) is 1. The molecule has 0 aliphatic rings. The molecule has 0 aliphatic carbocycles. The Bertz CT molecular complexity index is 448. The Balaban J connectivity index is 2.83. The molecule has 1 unspecified atom stereocenters. The van der Waals surface area contributed by atoms with E-state index in [-0.39, 0.29) is 0 Å². The number of aliphatic hydroxyl groups excluding tert-OH is 1. The zero-order valence-electron chi connectivity index (χ0n) is 11.9. The number of aliphatic hydroxyl groups is 1. The highest BCUT2D eigenvalue weighted by atomic mass is 19.1. The lowest BCUT2D eigenvalue weighted by atomic mass is 10.1. The van der Waals surface area contributed by atoms with Gasteiger partial charge in [0.1, 0.15) is 0 Å². The number of hydrogen-bond acceptors (Lipinski definition) is 4. The Labute approximate surface area is 118 Å². The quantitative estimate of drug-likeness (QED) is 0.589. The van der Waals surface area contributed by atoms with Gasteiger partial charge >= 0.3 is 5.69 Å². The summed E-state index contributed by atoms with van der Waals surface area (Å²) in [6, 6.07) is 3.53. The first-order valence-corrected chi connectivity index (χ1v) is 6.83. The fraction of sp³-hybridized carbons (Fsp3) is 0.571. The summed E-state index contributed by atoms with van der Waals surface area (Å²) in [5.74, 6) is -0.884. The topological polar surface area (TPSA) is 66.6 Å². The van der Waals surface area contributed by atoms with Crippen molar-refractivity contribution in [2.75, 3.05) is 19.6 Å². The molecule has 0 fully saturated rings. The van der Waals surface area contributed by atoms with Gasteiger partial charge in [-0.3, -0.25) is 10.1 Å². The molecule has 1 aromatic rings. The molecule has 20 heavy (non-hydrogen) atoms. The Morgan fingerprint density at radius 3 is 2.45 bits per heavy atom. The highest BCUT2D eigenvalue weighted by molar-refractivity contribution is 5.37. The third kappa shape index (κ3) is 4.54. The van der Waals surface area contributed by atoms with Crippen LogP contribution in [0, 0.1) is 15.9 Å². The number of nitro benzene ring substituents is 1. The van der Waals surface area contributed by atoms with Gasteiger partial charge in [0.25, 0.3) is 0 Å². The Morgan fingerprint density at radius 2 is 1.95 bits per heavy atom. The van der Waals surface area contributed by atoms with Crippen LogP contribution in [0.4, 0.5) is 10.1 Å². The van der Waals surface area contributed by atoms with Crippen molar-refractivity contribution in [2.45, 2.75) is 32.8 Å². The van der Waals surface area contributed by atoms with Gasteiger partial charge in [0.2, 0.25) is 5.82 Å². The van der Waals surface area contributed by atoms with Crippen molar-refractivity contribution in [3.63, 3.8) is 0 Å². The first kappa shape index (κ1) is 16.5. The molecule has 0 saturated heterocycles. The molecular weight excluding hydrogens is 263 g/mol. The normalized spacial score (nSPS) is 12.7. The maximum absolute atomic E-state index is 13.3. The van der Waals surface area contributed by atoms with Crippen molar-refractivity contribution in [1.82, 2.24) is 4.90 Å². The van der Waals surface area contributed by atoms with E-state index in [2.05, 4.69) is 18.7 Å². The summed E-state index contributed by atoms with van der Waals surface area (Å²) in [4.78, 5) is 12.0. The van der Waals surface area contributed by atoms with Gasteiger partial charge in [-0.1, -0.05) is 19.9 Å². The second-order valence-corrected chi connectivity index (χ2v) is 4.78. The van der Waals surface area contributed by atoms with Crippen molar-refractivity contribution in [2.24, 2.45) is 0 Å². The van der Waals surface area contributed by atoms with Crippen LogP contribution in [-0.2, 0) is 0 Å². The number of nitrogens with zero attached hydrogens (tertiary/aromatic N) is 2. The molecule has 0 saturated carbocycles. The lowest BCUT2D eigenvalue weighted by molar-refractivity contribution is -0.387. The average molecular weight is 284 g/mol. The zero-order valence-corrected chi connectivity index (χ0v) is 11.9. The van der Waals surface area contributed by atoms with E-state index in [9.17, 15) is 19.6 Å². The Kier molecular flexibility index (Phi) is 6.54. The van der Waals surface area contributed by atoms with E-state index in [4.69, 9.17) is 0 Å². The van der Waals surface area contributed by atoms with Gasteiger partial charge in [0.05, 0.1) is 11.0 Å². The summed E-state index contributed by atoms with van der Waals surface area (Å²) in [5, 5.41) is 20.9. The third-order valence-electron chi connectivity index (χ3n) is 3.06. The predicted molar refractivity (Wildman–Crippen MR) is 75.0 cm³/mol. The molecule has 5 nitrogen and oxygen atoms in total. The van der Waals surface area contributed by atoms with E-state index >= 15 is 0 Å². The SMILES string of the molecule is CCCN(CCC)CC(O)c1ccc(F)c([N+](=O)[O-])c1. The van der Waals surface area contributed by atoms with Crippen LogP contribution in [0.15, 0.2) is 18.2 Å². The van der Waals surface area contributed by atoms with Gasteiger partial charge in [-0.05, 0) is 37.6 Å². The summed E-state index contributed by atoms with van der Waals surface area (Å²) in [7, 11) is 0. The summed E-state index contributed by atoms with van der Waals surface area (Å²) >= 11 is 0. The maximum atomic E-state index is 13.3. The highest BCUT2D eigenvalue weighted by Gasteiger charge is 2.19. The Hall–Kier alpha value is -1.53. The first-order valence-electron chi connectivity index (χ1n) is 6.83. The molecule has 6 heteroatoms. The van der Waals surface area contributed by atoms with Gasteiger partial charge in [-0.25, -0.2) is 0 Å². The molecule has 0 spiro atoms. The molecule has 0 amide bonds. The minimum absolute atomic E-state index is 0.371. The summed E-state index contributed by atoms with van der Waals surface area (Å²) < 4.78 is 13.3. The van der Waals surface area contributed by atoms with E-state index in [0.29, 0.717) is 12.1 Å². The standard InChI is InChI=1S/C14H21FN2O3/c1-3-7-16(8-4-2)10-14(18)11-5-6-12(15)13(9-11)17(19)20/h5-6,9,14,18H,3-4,7-8,10H2,1-2H3. The molecular formula is C14H21FN2O3. The predicted octanol–water partition coefficient (Wildman–Crippen LogP) is 2.89. The number of benzene rings is 1. The monoisotopic (exact) mass is 284 g/mol. The van der Waals surface area contributed by atoms with Crippen molar-refractivity contribution in [1.29, 1.82) is 0 Å².